The molecule has 3 N–H and O–H groups in total. The molecule has 0 bridgehead atoms. The number of hydrogen-bond acceptors (Lipinski definition) is 4. The summed E-state index contributed by atoms with van der Waals surface area (Å²) < 4.78 is 0. The van der Waals surface area contributed by atoms with Gasteiger partial charge in [-0.05, 0) is 24.6 Å². The van der Waals surface area contributed by atoms with Gasteiger partial charge in [0.2, 0.25) is 5.91 Å². The van der Waals surface area contributed by atoms with Crippen LogP contribution in [0.3, 0.4) is 0 Å². The van der Waals surface area contributed by atoms with Gasteiger partial charge < -0.3 is 10.6 Å². The van der Waals surface area contributed by atoms with Gasteiger partial charge in [-0.3, -0.25) is 14.9 Å². The van der Waals surface area contributed by atoms with E-state index >= 15 is 0 Å². The summed E-state index contributed by atoms with van der Waals surface area (Å²) in [5, 5.41) is 7.88. The number of rotatable bonds is 6. The first kappa shape index (κ1) is 17.3. The minimum Gasteiger partial charge on any atom is -0.350 e. The van der Waals surface area contributed by atoms with Gasteiger partial charge in [-0.2, -0.15) is 0 Å². The number of imide groups is 1. The molecule has 0 saturated carbocycles. The van der Waals surface area contributed by atoms with Crippen LogP contribution in [-0.2, 0) is 9.59 Å². The average molecular weight is 335 g/mol. The number of urea groups is 1. The monoisotopic (exact) mass is 335 g/mol. The summed E-state index contributed by atoms with van der Waals surface area (Å²) in [6.07, 6.45) is -0.0663. The van der Waals surface area contributed by atoms with Crippen LogP contribution in [-0.4, -0.2) is 29.1 Å². The number of thioether (sulfide) groups is 1. The second-order valence-corrected chi connectivity index (χ2v) is 7.39. The number of carbonyl (C=O) groups is 3. The normalized spacial score (nSPS) is 18.5. The molecule has 2 atom stereocenters. The summed E-state index contributed by atoms with van der Waals surface area (Å²) in [7, 11) is 0. The molecule has 0 radical (unpaired) electrons. The molecule has 1 saturated heterocycles. The van der Waals surface area contributed by atoms with Gasteiger partial charge in [0.1, 0.15) is 6.04 Å². The van der Waals surface area contributed by atoms with E-state index in [4.69, 9.17) is 0 Å². The lowest BCUT2D eigenvalue weighted by molar-refractivity contribution is -0.126. The van der Waals surface area contributed by atoms with Gasteiger partial charge in [-0.15, -0.1) is 11.8 Å². The van der Waals surface area contributed by atoms with Crippen molar-refractivity contribution in [3.05, 3.63) is 29.8 Å². The van der Waals surface area contributed by atoms with Crippen molar-refractivity contribution in [2.24, 2.45) is 0 Å². The maximum absolute atomic E-state index is 12.0. The fourth-order valence-electron chi connectivity index (χ4n) is 2.28. The number of carbonyl (C=O) groups excluding carboxylic acids is 3. The molecule has 1 aliphatic rings. The first-order valence-corrected chi connectivity index (χ1v) is 8.40. The van der Waals surface area contributed by atoms with E-state index in [2.05, 4.69) is 29.8 Å². The van der Waals surface area contributed by atoms with Crippen molar-refractivity contribution in [3.63, 3.8) is 0 Å². The van der Waals surface area contributed by atoms with Crippen molar-refractivity contribution in [2.45, 2.75) is 49.4 Å². The van der Waals surface area contributed by atoms with Crippen molar-refractivity contribution >= 4 is 29.6 Å². The van der Waals surface area contributed by atoms with Crippen molar-refractivity contribution in [1.82, 2.24) is 16.0 Å². The van der Waals surface area contributed by atoms with Crippen LogP contribution in [0.4, 0.5) is 4.79 Å². The van der Waals surface area contributed by atoms with Crippen molar-refractivity contribution in [2.75, 3.05) is 0 Å². The lowest BCUT2D eigenvalue weighted by atomic mass is 10.1. The summed E-state index contributed by atoms with van der Waals surface area (Å²) in [4.78, 5) is 35.6. The van der Waals surface area contributed by atoms with Crippen molar-refractivity contribution < 1.29 is 14.4 Å². The molecule has 1 aromatic rings. The molecule has 1 heterocycles. The highest BCUT2D eigenvalue weighted by Gasteiger charge is 2.31. The quantitative estimate of drug-likeness (QED) is 0.548. The highest BCUT2D eigenvalue weighted by Crippen LogP contribution is 2.24. The fourth-order valence-corrected chi connectivity index (χ4v) is 3.12. The number of benzene rings is 1. The molecule has 23 heavy (non-hydrogen) atoms. The topological polar surface area (TPSA) is 87.3 Å². The SMILES string of the molecule is CC(C)Sc1ccc([C@@H](C)NC(=O)C[C@H]2NC(=O)NC2=O)cc1. The van der Waals surface area contributed by atoms with Crippen LogP contribution in [0.1, 0.15) is 38.8 Å². The van der Waals surface area contributed by atoms with E-state index in [1.54, 1.807) is 11.8 Å². The van der Waals surface area contributed by atoms with Gasteiger partial charge in [0.15, 0.2) is 0 Å². The van der Waals surface area contributed by atoms with Gasteiger partial charge in [-0.1, -0.05) is 26.0 Å². The molecule has 124 valence electrons. The Bertz CT molecular complexity index is 601. The predicted octanol–water partition coefficient (Wildman–Crippen LogP) is 1.96. The average Bonchev–Trinajstić information content (AvgIpc) is 2.76. The standard InChI is InChI=1S/C16H21N3O3S/c1-9(2)23-12-6-4-11(5-7-12)10(3)17-14(20)8-13-15(21)19-16(22)18-13/h4-7,9-10,13H,8H2,1-3H3,(H,17,20)(H2,18,19,21,22)/t10-,13-/m1/s1. The van der Waals surface area contributed by atoms with Gasteiger partial charge in [-0.25, -0.2) is 4.79 Å². The van der Waals surface area contributed by atoms with Crippen LogP contribution >= 0.6 is 11.8 Å². The molecule has 0 aliphatic carbocycles. The van der Waals surface area contributed by atoms with Gasteiger partial charge in [0, 0.05) is 10.1 Å². The third-order valence-electron chi connectivity index (χ3n) is 3.38. The molecule has 0 unspecified atom stereocenters. The molecule has 2 rings (SSSR count). The second kappa shape index (κ2) is 7.50. The first-order valence-electron chi connectivity index (χ1n) is 7.52. The Labute approximate surface area is 139 Å². The van der Waals surface area contributed by atoms with E-state index in [0.717, 1.165) is 5.56 Å². The van der Waals surface area contributed by atoms with Gasteiger partial charge in [0.25, 0.3) is 5.91 Å². The minimum atomic E-state index is -0.792. The summed E-state index contributed by atoms with van der Waals surface area (Å²) in [6.45, 7) is 6.16. The van der Waals surface area contributed by atoms with E-state index < -0.39 is 18.0 Å². The molecule has 0 aromatic heterocycles. The predicted molar refractivity (Wildman–Crippen MR) is 89.1 cm³/mol. The zero-order chi connectivity index (χ0) is 17.0. The summed E-state index contributed by atoms with van der Waals surface area (Å²) in [6, 6.07) is 6.53. The van der Waals surface area contributed by atoms with Gasteiger partial charge >= 0.3 is 6.03 Å². The molecular formula is C16H21N3O3S. The third-order valence-corrected chi connectivity index (χ3v) is 4.39. The maximum Gasteiger partial charge on any atom is 0.322 e. The van der Waals surface area contributed by atoms with Crippen LogP contribution in [0, 0.1) is 0 Å². The molecule has 1 fully saturated rings. The maximum atomic E-state index is 12.0. The van der Waals surface area contributed by atoms with E-state index in [1.807, 2.05) is 31.2 Å². The van der Waals surface area contributed by atoms with Crippen LogP contribution in [0.5, 0.6) is 0 Å². The van der Waals surface area contributed by atoms with Crippen molar-refractivity contribution in [1.29, 1.82) is 0 Å². The van der Waals surface area contributed by atoms with E-state index in [0.29, 0.717) is 5.25 Å². The van der Waals surface area contributed by atoms with E-state index in [-0.39, 0.29) is 18.4 Å². The Hall–Kier alpha value is -2.02. The molecule has 1 aliphatic heterocycles. The molecule has 0 spiro atoms. The largest absolute Gasteiger partial charge is 0.350 e. The molecular weight excluding hydrogens is 314 g/mol. The van der Waals surface area contributed by atoms with Crippen LogP contribution in [0.2, 0.25) is 0 Å². The summed E-state index contributed by atoms with van der Waals surface area (Å²) in [5.41, 5.74) is 0.992. The Kier molecular flexibility index (Phi) is 5.65. The molecule has 4 amide bonds. The Morgan fingerprint density at radius 3 is 2.39 bits per heavy atom. The highest BCUT2D eigenvalue weighted by molar-refractivity contribution is 7.99. The number of nitrogens with one attached hydrogen (secondary N) is 3. The summed E-state index contributed by atoms with van der Waals surface area (Å²) >= 11 is 1.78. The first-order chi connectivity index (χ1) is 10.8. The molecule has 6 nitrogen and oxygen atoms in total. The molecule has 7 heteroatoms. The zero-order valence-corrected chi connectivity index (χ0v) is 14.2. The van der Waals surface area contributed by atoms with Gasteiger partial charge in [0.05, 0.1) is 12.5 Å². The van der Waals surface area contributed by atoms with Crippen LogP contribution in [0.25, 0.3) is 0 Å². The highest BCUT2D eigenvalue weighted by atomic mass is 32.2. The van der Waals surface area contributed by atoms with E-state index in [1.165, 1.54) is 4.90 Å². The zero-order valence-electron chi connectivity index (χ0n) is 13.4. The fraction of sp³-hybridized carbons (Fsp3) is 0.438. The second-order valence-electron chi connectivity index (χ2n) is 5.74. The Morgan fingerprint density at radius 2 is 1.87 bits per heavy atom. The smallest absolute Gasteiger partial charge is 0.322 e. The number of hydrogen-bond donors (Lipinski definition) is 3. The van der Waals surface area contributed by atoms with Crippen molar-refractivity contribution in [3.8, 4) is 0 Å². The lowest BCUT2D eigenvalue weighted by Gasteiger charge is -2.16. The Balaban J connectivity index is 1.88. The third kappa shape index (κ3) is 4.99. The van der Waals surface area contributed by atoms with Crippen LogP contribution < -0.4 is 16.0 Å². The van der Waals surface area contributed by atoms with Crippen LogP contribution in [0.15, 0.2) is 29.2 Å². The Morgan fingerprint density at radius 1 is 1.22 bits per heavy atom. The minimum absolute atomic E-state index is 0.0663. The lowest BCUT2D eigenvalue weighted by Crippen LogP contribution is -2.37. The van der Waals surface area contributed by atoms with E-state index in [9.17, 15) is 14.4 Å². The summed E-state index contributed by atoms with van der Waals surface area (Å²) in [5.74, 6) is -0.742. The number of amides is 4. The molecule has 1 aromatic carbocycles.